The van der Waals surface area contributed by atoms with Crippen LogP contribution < -0.4 is 5.32 Å². The molecule has 0 fully saturated rings. The van der Waals surface area contributed by atoms with E-state index < -0.39 is 0 Å². The van der Waals surface area contributed by atoms with Crippen LogP contribution >= 0.6 is 27.3 Å². The van der Waals surface area contributed by atoms with Crippen molar-refractivity contribution >= 4 is 27.3 Å². The van der Waals surface area contributed by atoms with E-state index in [1.165, 1.54) is 15.8 Å². The zero-order valence-corrected chi connectivity index (χ0v) is 14.2. The van der Waals surface area contributed by atoms with Gasteiger partial charge in [-0.05, 0) is 37.2 Å². The number of hydrogen-bond acceptors (Lipinski definition) is 2. The molecule has 0 bridgehead atoms. The molecule has 1 atom stereocenters. The van der Waals surface area contributed by atoms with Crippen molar-refractivity contribution in [2.75, 3.05) is 6.54 Å². The van der Waals surface area contributed by atoms with Crippen molar-refractivity contribution < 1.29 is 4.39 Å². The molecule has 20 heavy (non-hydrogen) atoms. The molecule has 0 aliphatic rings. The van der Waals surface area contributed by atoms with Crippen molar-refractivity contribution in [2.24, 2.45) is 0 Å². The van der Waals surface area contributed by atoms with E-state index in [1.54, 1.807) is 0 Å². The first-order chi connectivity index (χ1) is 9.63. The molecule has 0 aliphatic carbocycles. The van der Waals surface area contributed by atoms with Crippen molar-refractivity contribution in [3.8, 4) is 0 Å². The highest BCUT2D eigenvalue weighted by Gasteiger charge is 2.16. The molecular weight excluding hydrogens is 337 g/mol. The fourth-order valence-corrected chi connectivity index (χ4v) is 3.58. The Labute approximate surface area is 132 Å². The summed E-state index contributed by atoms with van der Waals surface area (Å²) in [6.07, 6.45) is 1.89. The molecule has 1 aromatic heterocycles. The molecule has 0 amide bonds. The van der Waals surface area contributed by atoms with Gasteiger partial charge in [-0.1, -0.05) is 35.8 Å². The third-order valence-corrected chi connectivity index (χ3v) is 5.00. The van der Waals surface area contributed by atoms with E-state index in [-0.39, 0.29) is 11.9 Å². The standard InChI is InChI=1S/C16H19BrFNS/c1-3-12-6-7-13(20-12)10-16(19-4-2)14-8-5-11(17)9-15(14)18/h5-9,16,19H,3-4,10H2,1-2H3. The largest absolute Gasteiger partial charge is 0.310 e. The summed E-state index contributed by atoms with van der Waals surface area (Å²) in [6.45, 7) is 5.04. The normalized spacial score (nSPS) is 12.6. The lowest BCUT2D eigenvalue weighted by molar-refractivity contribution is 0.512. The number of benzene rings is 1. The van der Waals surface area contributed by atoms with Crippen LogP contribution in [0.3, 0.4) is 0 Å². The van der Waals surface area contributed by atoms with Crippen LogP contribution in [-0.2, 0) is 12.8 Å². The van der Waals surface area contributed by atoms with E-state index in [1.807, 2.05) is 23.5 Å². The fourth-order valence-electron chi connectivity index (χ4n) is 2.25. The number of likely N-dealkylation sites (N-methyl/N-ethyl adjacent to an activating group) is 1. The minimum atomic E-state index is -0.155. The van der Waals surface area contributed by atoms with Crippen molar-refractivity contribution in [3.63, 3.8) is 0 Å². The van der Waals surface area contributed by atoms with Gasteiger partial charge in [0.15, 0.2) is 0 Å². The van der Waals surface area contributed by atoms with Crippen LogP contribution in [0.15, 0.2) is 34.8 Å². The van der Waals surface area contributed by atoms with Crippen LogP contribution in [0, 0.1) is 5.82 Å². The van der Waals surface area contributed by atoms with Crippen LogP contribution in [0.4, 0.5) is 4.39 Å². The van der Waals surface area contributed by atoms with Gasteiger partial charge in [0.25, 0.3) is 0 Å². The molecule has 1 heterocycles. The molecule has 2 aromatic rings. The molecule has 0 radical (unpaired) electrons. The first kappa shape index (κ1) is 15.7. The lowest BCUT2D eigenvalue weighted by atomic mass is 10.0. The van der Waals surface area contributed by atoms with Crippen LogP contribution in [-0.4, -0.2) is 6.54 Å². The van der Waals surface area contributed by atoms with E-state index in [0.29, 0.717) is 0 Å². The highest BCUT2D eigenvalue weighted by molar-refractivity contribution is 9.10. The quantitative estimate of drug-likeness (QED) is 0.759. The zero-order chi connectivity index (χ0) is 14.5. The van der Waals surface area contributed by atoms with E-state index in [4.69, 9.17) is 0 Å². The Kier molecular flexibility index (Phi) is 5.75. The number of aryl methyl sites for hydroxylation is 1. The van der Waals surface area contributed by atoms with Crippen molar-refractivity contribution in [2.45, 2.75) is 32.7 Å². The Morgan fingerprint density at radius 3 is 2.55 bits per heavy atom. The van der Waals surface area contributed by atoms with Gasteiger partial charge in [0, 0.05) is 32.3 Å². The summed E-state index contributed by atoms with van der Waals surface area (Å²) < 4.78 is 14.9. The predicted molar refractivity (Wildman–Crippen MR) is 87.9 cm³/mol. The maximum atomic E-state index is 14.1. The van der Waals surface area contributed by atoms with Gasteiger partial charge in [0.05, 0.1) is 0 Å². The Bertz CT molecular complexity index is 567. The predicted octanol–water partition coefficient (Wildman–Crippen LogP) is 5.11. The maximum Gasteiger partial charge on any atom is 0.129 e. The van der Waals surface area contributed by atoms with Crippen LogP contribution in [0.1, 0.15) is 35.2 Å². The molecule has 108 valence electrons. The van der Waals surface area contributed by atoms with Gasteiger partial charge in [-0.25, -0.2) is 4.39 Å². The molecule has 1 unspecified atom stereocenters. The third-order valence-electron chi connectivity index (χ3n) is 3.26. The summed E-state index contributed by atoms with van der Waals surface area (Å²) in [5.74, 6) is -0.155. The van der Waals surface area contributed by atoms with Gasteiger partial charge < -0.3 is 5.32 Å². The maximum absolute atomic E-state index is 14.1. The molecule has 0 saturated heterocycles. The summed E-state index contributed by atoms with van der Waals surface area (Å²) in [6, 6.07) is 9.64. The second-order valence-electron chi connectivity index (χ2n) is 4.70. The lowest BCUT2D eigenvalue weighted by Crippen LogP contribution is -2.23. The first-order valence-electron chi connectivity index (χ1n) is 6.90. The molecule has 1 aromatic carbocycles. The first-order valence-corrected chi connectivity index (χ1v) is 8.50. The van der Waals surface area contributed by atoms with Gasteiger partial charge in [-0.2, -0.15) is 0 Å². The van der Waals surface area contributed by atoms with Crippen molar-refractivity contribution in [1.82, 2.24) is 5.32 Å². The lowest BCUT2D eigenvalue weighted by Gasteiger charge is -2.18. The van der Waals surface area contributed by atoms with Gasteiger partial charge in [-0.15, -0.1) is 11.3 Å². The highest BCUT2D eigenvalue weighted by Crippen LogP contribution is 2.27. The fraction of sp³-hybridized carbons (Fsp3) is 0.375. The van der Waals surface area contributed by atoms with E-state index >= 15 is 0 Å². The van der Waals surface area contributed by atoms with Crippen molar-refractivity contribution in [1.29, 1.82) is 0 Å². The Balaban J connectivity index is 2.21. The van der Waals surface area contributed by atoms with E-state index in [0.717, 1.165) is 29.4 Å². The zero-order valence-electron chi connectivity index (χ0n) is 11.7. The average molecular weight is 356 g/mol. The summed E-state index contributed by atoms with van der Waals surface area (Å²) in [5.41, 5.74) is 0.737. The topological polar surface area (TPSA) is 12.0 Å². The van der Waals surface area contributed by atoms with Crippen LogP contribution in [0.5, 0.6) is 0 Å². The Morgan fingerprint density at radius 2 is 1.95 bits per heavy atom. The number of thiophene rings is 1. The van der Waals surface area contributed by atoms with Crippen LogP contribution in [0.25, 0.3) is 0 Å². The van der Waals surface area contributed by atoms with Gasteiger partial charge in [0.2, 0.25) is 0 Å². The number of halogens is 2. The number of nitrogens with one attached hydrogen (secondary N) is 1. The second kappa shape index (κ2) is 7.34. The molecule has 0 spiro atoms. The molecule has 1 N–H and O–H groups in total. The van der Waals surface area contributed by atoms with Crippen LogP contribution in [0.2, 0.25) is 0 Å². The third kappa shape index (κ3) is 3.90. The molecule has 1 nitrogen and oxygen atoms in total. The Morgan fingerprint density at radius 1 is 1.20 bits per heavy atom. The summed E-state index contributed by atoms with van der Waals surface area (Å²) >= 11 is 5.12. The minimum absolute atomic E-state index is 0.0245. The SMILES string of the molecule is CCNC(Cc1ccc(CC)s1)c1ccc(Br)cc1F. The molecule has 2 rings (SSSR count). The molecular formula is C16H19BrFNS. The van der Waals surface area contributed by atoms with Gasteiger partial charge in [-0.3, -0.25) is 0 Å². The molecule has 0 saturated carbocycles. The molecule has 0 aliphatic heterocycles. The number of rotatable bonds is 6. The number of hydrogen-bond donors (Lipinski definition) is 1. The smallest absolute Gasteiger partial charge is 0.129 e. The van der Waals surface area contributed by atoms with E-state index in [9.17, 15) is 4.39 Å². The van der Waals surface area contributed by atoms with Crippen molar-refractivity contribution in [3.05, 3.63) is 55.9 Å². The summed E-state index contributed by atoms with van der Waals surface area (Å²) in [5, 5.41) is 3.39. The van der Waals surface area contributed by atoms with E-state index in [2.05, 4.69) is 47.2 Å². The Hall–Kier alpha value is -0.710. The highest BCUT2D eigenvalue weighted by atomic mass is 79.9. The summed E-state index contributed by atoms with van der Waals surface area (Å²) in [4.78, 5) is 2.68. The summed E-state index contributed by atoms with van der Waals surface area (Å²) in [7, 11) is 0. The average Bonchev–Trinajstić information content (AvgIpc) is 2.86. The molecule has 4 heteroatoms. The minimum Gasteiger partial charge on any atom is -0.310 e. The second-order valence-corrected chi connectivity index (χ2v) is 6.87. The monoisotopic (exact) mass is 355 g/mol. The van der Waals surface area contributed by atoms with Gasteiger partial charge >= 0.3 is 0 Å². The van der Waals surface area contributed by atoms with Gasteiger partial charge in [0.1, 0.15) is 5.82 Å².